The van der Waals surface area contributed by atoms with Gasteiger partial charge in [0, 0.05) is 13.7 Å². The number of urea groups is 1. The van der Waals surface area contributed by atoms with Gasteiger partial charge >= 0.3 is 12.0 Å². The van der Waals surface area contributed by atoms with Crippen LogP contribution in [0.25, 0.3) is 0 Å². The zero-order valence-corrected chi connectivity index (χ0v) is 12.5. The number of rotatable bonds is 8. The highest BCUT2D eigenvalue weighted by Gasteiger charge is 2.28. The van der Waals surface area contributed by atoms with Crippen LogP contribution in [0, 0.1) is 5.92 Å². The molecule has 0 aromatic rings. The molecule has 2 amide bonds. The van der Waals surface area contributed by atoms with Gasteiger partial charge < -0.3 is 20.1 Å². The number of nitrogens with one attached hydrogen (secondary N) is 1. The molecule has 2 unspecified atom stereocenters. The molecule has 2 N–H and O–H groups in total. The van der Waals surface area contributed by atoms with Crippen molar-refractivity contribution in [2.45, 2.75) is 46.2 Å². The van der Waals surface area contributed by atoms with Gasteiger partial charge in [0.15, 0.2) is 0 Å². The number of amides is 2. The molecule has 0 aromatic heterocycles. The second-order valence-corrected chi connectivity index (χ2v) is 4.74. The van der Waals surface area contributed by atoms with Crippen LogP contribution in [0.15, 0.2) is 0 Å². The van der Waals surface area contributed by atoms with Gasteiger partial charge in [-0.3, -0.25) is 0 Å². The van der Waals surface area contributed by atoms with Crippen molar-refractivity contribution in [1.82, 2.24) is 10.2 Å². The second kappa shape index (κ2) is 8.74. The van der Waals surface area contributed by atoms with Crippen LogP contribution in [-0.2, 0) is 9.53 Å². The Kier molecular flexibility index (Phi) is 8.14. The van der Waals surface area contributed by atoms with Crippen molar-refractivity contribution in [3.63, 3.8) is 0 Å². The van der Waals surface area contributed by atoms with Crippen LogP contribution in [-0.4, -0.2) is 54.4 Å². The van der Waals surface area contributed by atoms with E-state index in [1.54, 1.807) is 12.0 Å². The number of nitrogens with zero attached hydrogens (tertiary/aromatic N) is 1. The molecule has 0 bridgehead atoms. The van der Waals surface area contributed by atoms with Crippen molar-refractivity contribution in [1.29, 1.82) is 0 Å². The van der Waals surface area contributed by atoms with Crippen molar-refractivity contribution in [3.05, 3.63) is 0 Å². The van der Waals surface area contributed by atoms with E-state index in [1.165, 1.54) is 0 Å². The number of methoxy groups -OCH3 is 1. The molecule has 0 saturated carbocycles. The Bertz CT molecular complexity index is 296. The monoisotopic (exact) mass is 274 g/mol. The van der Waals surface area contributed by atoms with Crippen LogP contribution in [0.1, 0.15) is 34.1 Å². The van der Waals surface area contributed by atoms with Crippen molar-refractivity contribution in [2.24, 2.45) is 5.92 Å². The van der Waals surface area contributed by atoms with Crippen molar-refractivity contribution >= 4 is 12.0 Å². The van der Waals surface area contributed by atoms with E-state index in [-0.39, 0.29) is 18.0 Å². The normalized spacial score (nSPS) is 15.4. The molecule has 3 atom stereocenters. The van der Waals surface area contributed by atoms with E-state index in [0.717, 1.165) is 0 Å². The molecular formula is C13H26N2O4. The molecule has 6 heteroatoms. The molecule has 0 radical (unpaired) electrons. The molecule has 0 aliphatic heterocycles. The molecule has 0 aliphatic carbocycles. The third-order valence-electron chi connectivity index (χ3n) is 3.30. The number of carboxylic acid groups (broad SMARTS) is 1. The standard InChI is InChI=1S/C13H26N2O4/c1-6-9(3)11(12(16)17)14-13(18)15(7-2)10(4)8-19-5/h9-11H,6-8H2,1-5H3,(H,14,18)(H,16,17)/t9?,10?,11-/m0/s1. The zero-order valence-electron chi connectivity index (χ0n) is 12.5. The maximum atomic E-state index is 12.1. The molecule has 0 saturated heterocycles. The van der Waals surface area contributed by atoms with Gasteiger partial charge in [0.05, 0.1) is 12.6 Å². The molecule has 6 nitrogen and oxygen atoms in total. The minimum absolute atomic E-state index is 0.0959. The first-order valence-corrected chi connectivity index (χ1v) is 6.67. The van der Waals surface area contributed by atoms with E-state index in [9.17, 15) is 9.59 Å². The number of carbonyl (C=O) groups is 2. The van der Waals surface area contributed by atoms with Gasteiger partial charge in [-0.1, -0.05) is 20.3 Å². The first-order chi connectivity index (χ1) is 8.88. The predicted octanol–water partition coefficient (Wildman–Crippen LogP) is 1.55. The van der Waals surface area contributed by atoms with E-state index < -0.39 is 12.0 Å². The fourth-order valence-corrected chi connectivity index (χ4v) is 1.89. The summed E-state index contributed by atoms with van der Waals surface area (Å²) in [6.07, 6.45) is 0.691. The lowest BCUT2D eigenvalue weighted by Gasteiger charge is -2.30. The van der Waals surface area contributed by atoms with Gasteiger partial charge in [-0.05, 0) is 19.8 Å². The molecule has 0 aliphatic rings. The second-order valence-electron chi connectivity index (χ2n) is 4.74. The Hall–Kier alpha value is -1.30. The maximum Gasteiger partial charge on any atom is 0.326 e. The summed E-state index contributed by atoms with van der Waals surface area (Å²) in [4.78, 5) is 24.9. The van der Waals surface area contributed by atoms with Gasteiger partial charge in [-0.15, -0.1) is 0 Å². The number of hydrogen-bond donors (Lipinski definition) is 2. The van der Waals surface area contributed by atoms with E-state index in [1.807, 2.05) is 27.7 Å². The highest BCUT2D eigenvalue weighted by molar-refractivity contribution is 5.82. The van der Waals surface area contributed by atoms with Crippen molar-refractivity contribution in [2.75, 3.05) is 20.3 Å². The number of carboxylic acids is 1. The summed E-state index contributed by atoms with van der Waals surface area (Å²) in [5, 5.41) is 11.8. The summed E-state index contributed by atoms with van der Waals surface area (Å²) < 4.78 is 5.02. The average Bonchev–Trinajstić information content (AvgIpc) is 2.35. The molecule has 0 aromatic carbocycles. The first kappa shape index (κ1) is 17.7. The first-order valence-electron chi connectivity index (χ1n) is 6.67. The van der Waals surface area contributed by atoms with Crippen LogP contribution in [0.2, 0.25) is 0 Å². The molecule has 0 rings (SSSR count). The lowest BCUT2D eigenvalue weighted by molar-refractivity contribution is -0.140. The lowest BCUT2D eigenvalue weighted by atomic mass is 9.99. The lowest BCUT2D eigenvalue weighted by Crippen LogP contribution is -2.53. The number of likely N-dealkylation sites (N-methyl/N-ethyl adjacent to an activating group) is 1. The van der Waals surface area contributed by atoms with Gasteiger partial charge in [0.1, 0.15) is 6.04 Å². The Labute approximate surface area is 115 Å². The summed E-state index contributed by atoms with van der Waals surface area (Å²) in [5.74, 6) is -1.11. The highest BCUT2D eigenvalue weighted by Crippen LogP contribution is 2.09. The van der Waals surface area contributed by atoms with Crippen molar-refractivity contribution in [3.8, 4) is 0 Å². The predicted molar refractivity (Wildman–Crippen MR) is 73.1 cm³/mol. The van der Waals surface area contributed by atoms with Crippen LogP contribution >= 0.6 is 0 Å². The average molecular weight is 274 g/mol. The minimum Gasteiger partial charge on any atom is -0.480 e. The molecule has 0 heterocycles. The molecule has 112 valence electrons. The zero-order chi connectivity index (χ0) is 15.0. The Balaban J connectivity index is 4.73. The van der Waals surface area contributed by atoms with Crippen LogP contribution in [0.5, 0.6) is 0 Å². The number of ether oxygens (including phenoxy) is 1. The van der Waals surface area contributed by atoms with Gasteiger partial charge in [0.2, 0.25) is 0 Å². The summed E-state index contributed by atoms with van der Waals surface area (Å²) in [5.41, 5.74) is 0. The van der Waals surface area contributed by atoms with Crippen LogP contribution < -0.4 is 5.32 Å². The van der Waals surface area contributed by atoms with Gasteiger partial charge in [-0.2, -0.15) is 0 Å². The van der Waals surface area contributed by atoms with E-state index in [4.69, 9.17) is 9.84 Å². The third-order valence-corrected chi connectivity index (χ3v) is 3.30. The highest BCUT2D eigenvalue weighted by atomic mass is 16.5. The van der Waals surface area contributed by atoms with E-state index in [2.05, 4.69) is 5.32 Å². The Morgan fingerprint density at radius 3 is 2.26 bits per heavy atom. The fourth-order valence-electron chi connectivity index (χ4n) is 1.89. The van der Waals surface area contributed by atoms with Crippen LogP contribution in [0.4, 0.5) is 4.79 Å². The topological polar surface area (TPSA) is 78.9 Å². The number of aliphatic carboxylic acids is 1. The largest absolute Gasteiger partial charge is 0.480 e. The number of carbonyl (C=O) groups excluding carboxylic acids is 1. The molecule has 0 spiro atoms. The summed E-state index contributed by atoms with van der Waals surface area (Å²) >= 11 is 0. The van der Waals surface area contributed by atoms with E-state index in [0.29, 0.717) is 19.6 Å². The van der Waals surface area contributed by atoms with E-state index >= 15 is 0 Å². The van der Waals surface area contributed by atoms with Gasteiger partial charge in [0.25, 0.3) is 0 Å². The van der Waals surface area contributed by atoms with Crippen molar-refractivity contribution < 1.29 is 19.4 Å². The Morgan fingerprint density at radius 2 is 1.89 bits per heavy atom. The summed E-state index contributed by atoms with van der Waals surface area (Å²) in [6.45, 7) is 8.35. The smallest absolute Gasteiger partial charge is 0.326 e. The SMILES string of the molecule is CCC(C)[C@H](NC(=O)N(CC)C(C)COC)C(=O)O. The maximum absolute atomic E-state index is 12.1. The van der Waals surface area contributed by atoms with Gasteiger partial charge in [-0.25, -0.2) is 9.59 Å². The fraction of sp³-hybridized carbons (Fsp3) is 0.846. The number of hydrogen-bond acceptors (Lipinski definition) is 3. The summed E-state index contributed by atoms with van der Waals surface area (Å²) in [6, 6.07) is -1.32. The molecule has 19 heavy (non-hydrogen) atoms. The Morgan fingerprint density at radius 1 is 1.32 bits per heavy atom. The molecular weight excluding hydrogens is 248 g/mol. The quantitative estimate of drug-likeness (QED) is 0.704. The van der Waals surface area contributed by atoms with Crippen LogP contribution in [0.3, 0.4) is 0 Å². The minimum atomic E-state index is -1.00. The third kappa shape index (κ3) is 5.46. The summed E-state index contributed by atoms with van der Waals surface area (Å²) in [7, 11) is 1.57. The molecule has 0 fully saturated rings.